The van der Waals surface area contributed by atoms with Crippen LogP contribution in [0.3, 0.4) is 0 Å². The van der Waals surface area contributed by atoms with Gasteiger partial charge in [-0.2, -0.15) is 0 Å². The van der Waals surface area contributed by atoms with Gasteiger partial charge in [0.25, 0.3) is 10.0 Å². The number of ether oxygens (including phenoxy) is 1. The van der Waals surface area contributed by atoms with Gasteiger partial charge in [0.15, 0.2) is 5.13 Å². The Labute approximate surface area is 156 Å². The lowest BCUT2D eigenvalue weighted by Gasteiger charge is -2.16. The van der Waals surface area contributed by atoms with Crippen molar-refractivity contribution in [1.82, 2.24) is 4.98 Å². The minimum absolute atomic E-state index is 0.124. The van der Waals surface area contributed by atoms with E-state index >= 15 is 0 Å². The Balaban J connectivity index is 1.63. The number of hydrogen-bond donors (Lipinski definition) is 1. The monoisotopic (exact) mass is 386 g/mol. The molecule has 4 rings (SSSR count). The van der Waals surface area contributed by atoms with Crippen LogP contribution in [0.25, 0.3) is 0 Å². The normalized spacial score (nSPS) is 15.4. The summed E-state index contributed by atoms with van der Waals surface area (Å²) in [5.74, 6) is 0.852. The molecule has 0 aliphatic heterocycles. The van der Waals surface area contributed by atoms with E-state index in [2.05, 4.69) is 15.8 Å². The van der Waals surface area contributed by atoms with Crippen molar-refractivity contribution in [3.63, 3.8) is 0 Å². The molecule has 1 saturated carbocycles. The molecule has 26 heavy (non-hydrogen) atoms. The number of nitrogens with one attached hydrogen (secondary N) is 1. The first-order chi connectivity index (χ1) is 12.5. The van der Waals surface area contributed by atoms with Crippen molar-refractivity contribution in [2.24, 2.45) is 0 Å². The van der Waals surface area contributed by atoms with Gasteiger partial charge in [0, 0.05) is 22.1 Å². The molecule has 7 heteroatoms. The van der Waals surface area contributed by atoms with Crippen LogP contribution in [-0.4, -0.2) is 20.5 Å². The largest absolute Gasteiger partial charge is 0.496 e. The van der Waals surface area contributed by atoms with Gasteiger partial charge in [-0.15, -0.1) is 11.3 Å². The van der Waals surface area contributed by atoms with E-state index in [0.717, 1.165) is 29.0 Å². The van der Waals surface area contributed by atoms with Gasteiger partial charge in [-0.05, 0) is 31.0 Å². The van der Waals surface area contributed by atoms with Crippen LogP contribution in [0.15, 0.2) is 65.7 Å². The number of nitrogens with zero attached hydrogens (tertiary/aromatic N) is 1. The summed E-state index contributed by atoms with van der Waals surface area (Å²) in [6, 6.07) is 16.3. The van der Waals surface area contributed by atoms with Gasteiger partial charge in [-0.3, -0.25) is 4.72 Å². The highest BCUT2D eigenvalue weighted by molar-refractivity contribution is 7.93. The van der Waals surface area contributed by atoms with Gasteiger partial charge < -0.3 is 4.74 Å². The first kappa shape index (κ1) is 17.1. The molecule has 3 aromatic rings. The first-order valence-corrected chi connectivity index (χ1v) is 10.5. The van der Waals surface area contributed by atoms with Gasteiger partial charge >= 0.3 is 0 Å². The van der Waals surface area contributed by atoms with Crippen molar-refractivity contribution in [2.45, 2.75) is 23.2 Å². The third-order valence-corrected chi connectivity index (χ3v) is 7.23. The highest BCUT2D eigenvalue weighted by Crippen LogP contribution is 2.57. The summed E-state index contributed by atoms with van der Waals surface area (Å²) in [6.45, 7) is 0. The smallest absolute Gasteiger partial charge is 0.263 e. The van der Waals surface area contributed by atoms with Crippen LogP contribution in [-0.2, 0) is 15.4 Å². The molecule has 1 heterocycles. The number of methoxy groups -OCH3 is 1. The second-order valence-electron chi connectivity index (χ2n) is 6.23. The second-order valence-corrected chi connectivity index (χ2v) is 8.94. The zero-order chi connectivity index (χ0) is 18.2. The van der Waals surface area contributed by atoms with Crippen LogP contribution in [0.5, 0.6) is 5.75 Å². The third-order valence-electron chi connectivity index (χ3n) is 4.63. The van der Waals surface area contributed by atoms with Crippen LogP contribution >= 0.6 is 11.3 Å². The Kier molecular flexibility index (Phi) is 4.20. The van der Waals surface area contributed by atoms with Crippen molar-refractivity contribution in [2.75, 3.05) is 11.8 Å². The number of thiazole rings is 1. The van der Waals surface area contributed by atoms with E-state index in [1.54, 1.807) is 43.6 Å². The van der Waals surface area contributed by atoms with Crippen LogP contribution < -0.4 is 9.46 Å². The molecule has 2 aromatic carbocycles. The Bertz CT molecular complexity index is 1030. The average Bonchev–Trinajstić information content (AvgIpc) is 3.35. The molecule has 0 bridgehead atoms. The summed E-state index contributed by atoms with van der Waals surface area (Å²) in [5, 5.41) is 0.380. The maximum absolute atomic E-state index is 12.5. The summed E-state index contributed by atoms with van der Waals surface area (Å²) in [6.07, 6.45) is 3.77. The van der Waals surface area contributed by atoms with Gasteiger partial charge in [-0.25, -0.2) is 13.4 Å². The van der Waals surface area contributed by atoms with Crippen LogP contribution in [0.1, 0.15) is 23.3 Å². The van der Waals surface area contributed by atoms with Gasteiger partial charge in [0.2, 0.25) is 0 Å². The number of benzene rings is 2. The standard InChI is InChI=1S/C19H18N2O3S2/c1-24-16-10-6-5-9-15(16)19(11-12-19)17-13-20-18(25-17)21-26(22,23)14-7-3-2-4-8-14/h2-10,13H,11-12H2,1H3,(H,20,21). The zero-order valence-electron chi connectivity index (χ0n) is 14.2. The summed E-state index contributed by atoms with van der Waals surface area (Å²) in [4.78, 5) is 5.58. The maximum atomic E-state index is 12.5. The van der Waals surface area contributed by atoms with Crippen LogP contribution in [0, 0.1) is 0 Å². The van der Waals surface area contributed by atoms with Crippen molar-refractivity contribution in [3.05, 3.63) is 71.2 Å². The fourth-order valence-electron chi connectivity index (χ4n) is 3.13. The summed E-state index contributed by atoms with van der Waals surface area (Å²) < 4.78 is 33.1. The fraction of sp³-hybridized carbons (Fsp3) is 0.211. The predicted molar refractivity (Wildman–Crippen MR) is 102 cm³/mol. The van der Waals surface area contributed by atoms with Gasteiger partial charge in [0.05, 0.1) is 12.0 Å². The van der Waals surface area contributed by atoms with E-state index in [0.29, 0.717) is 5.13 Å². The highest BCUT2D eigenvalue weighted by atomic mass is 32.2. The van der Waals surface area contributed by atoms with Crippen molar-refractivity contribution >= 4 is 26.5 Å². The number of para-hydroxylation sites is 1. The zero-order valence-corrected chi connectivity index (χ0v) is 15.8. The molecule has 1 fully saturated rings. The molecular weight excluding hydrogens is 368 g/mol. The first-order valence-electron chi connectivity index (χ1n) is 8.23. The highest BCUT2D eigenvalue weighted by Gasteiger charge is 2.49. The fourth-order valence-corrected chi connectivity index (χ4v) is 5.47. The molecule has 1 N–H and O–H groups in total. The Hall–Kier alpha value is -2.38. The maximum Gasteiger partial charge on any atom is 0.263 e. The Morgan fingerprint density at radius 1 is 1.08 bits per heavy atom. The van der Waals surface area contributed by atoms with Crippen molar-refractivity contribution in [1.29, 1.82) is 0 Å². The van der Waals surface area contributed by atoms with E-state index in [4.69, 9.17) is 4.74 Å². The predicted octanol–water partition coefficient (Wildman–Crippen LogP) is 4.03. The summed E-state index contributed by atoms with van der Waals surface area (Å²) in [5.41, 5.74) is 1.00. The molecule has 0 spiro atoms. The Morgan fingerprint density at radius 2 is 1.77 bits per heavy atom. The number of anilines is 1. The molecule has 134 valence electrons. The molecule has 1 aliphatic carbocycles. The summed E-state index contributed by atoms with van der Waals surface area (Å²) >= 11 is 1.38. The van der Waals surface area contributed by atoms with E-state index in [9.17, 15) is 8.42 Å². The molecule has 0 unspecified atom stereocenters. The summed E-state index contributed by atoms with van der Waals surface area (Å²) in [7, 11) is -1.96. The van der Waals surface area contributed by atoms with E-state index in [1.165, 1.54) is 11.3 Å². The second kappa shape index (κ2) is 6.41. The van der Waals surface area contributed by atoms with E-state index in [-0.39, 0.29) is 10.3 Å². The van der Waals surface area contributed by atoms with Gasteiger partial charge in [-0.1, -0.05) is 36.4 Å². The molecular formula is C19H18N2O3S2. The van der Waals surface area contributed by atoms with E-state index < -0.39 is 10.0 Å². The molecule has 0 saturated heterocycles. The third kappa shape index (κ3) is 2.97. The number of aromatic nitrogens is 1. The molecule has 5 nitrogen and oxygen atoms in total. The Morgan fingerprint density at radius 3 is 2.46 bits per heavy atom. The number of hydrogen-bond acceptors (Lipinski definition) is 5. The number of sulfonamides is 1. The number of rotatable bonds is 6. The minimum atomic E-state index is -3.63. The lowest BCUT2D eigenvalue weighted by molar-refractivity contribution is 0.407. The topological polar surface area (TPSA) is 68.3 Å². The van der Waals surface area contributed by atoms with Crippen molar-refractivity contribution in [3.8, 4) is 5.75 Å². The van der Waals surface area contributed by atoms with Crippen LogP contribution in [0.2, 0.25) is 0 Å². The lowest BCUT2D eigenvalue weighted by Crippen LogP contribution is -2.12. The molecule has 0 atom stereocenters. The molecule has 1 aliphatic rings. The average molecular weight is 386 g/mol. The van der Waals surface area contributed by atoms with Crippen molar-refractivity contribution < 1.29 is 13.2 Å². The molecule has 0 amide bonds. The quantitative estimate of drug-likeness (QED) is 0.694. The van der Waals surface area contributed by atoms with E-state index in [1.807, 2.05) is 18.2 Å². The lowest BCUT2D eigenvalue weighted by atomic mass is 9.94. The molecule has 1 aromatic heterocycles. The van der Waals surface area contributed by atoms with Crippen LogP contribution in [0.4, 0.5) is 5.13 Å². The van der Waals surface area contributed by atoms with Gasteiger partial charge in [0.1, 0.15) is 5.75 Å². The SMILES string of the molecule is COc1ccccc1C1(c2cnc(NS(=O)(=O)c3ccccc3)s2)CC1. The molecule has 0 radical (unpaired) electrons. The minimum Gasteiger partial charge on any atom is -0.496 e.